The quantitative estimate of drug-likeness (QED) is 0.578. The average molecular weight is 286 g/mol. The summed E-state index contributed by atoms with van der Waals surface area (Å²) in [6.45, 7) is 0. The van der Waals surface area contributed by atoms with Crippen LogP contribution in [-0.2, 0) is 35.1 Å². The fraction of sp³-hybridized carbons (Fsp3) is 1.00. The van der Waals surface area contributed by atoms with Crippen LogP contribution < -0.4 is 0 Å². The SMILES string of the molecule is C.C.C.C.O.O.O.[Ni].[OH-].[O]=[Ni][OH]. The van der Waals surface area contributed by atoms with Crippen LogP contribution >= 0.6 is 0 Å². The zero-order valence-electron chi connectivity index (χ0n) is 3.44. The molecule has 0 aliphatic rings. The van der Waals surface area contributed by atoms with Gasteiger partial charge in [0.15, 0.2) is 0 Å². The predicted octanol–water partition coefficient (Wildman–Crippen LogP) is -0.787. The Labute approximate surface area is 91.2 Å². The third kappa shape index (κ3) is 2820. The van der Waals surface area contributed by atoms with Crippen molar-refractivity contribution in [3.05, 3.63) is 0 Å². The van der Waals surface area contributed by atoms with Gasteiger partial charge in [-0.3, -0.25) is 0 Å². The molecule has 8 heteroatoms. The summed E-state index contributed by atoms with van der Waals surface area (Å²) in [5.74, 6) is 0. The summed E-state index contributed by atoms with van der Waals surface area (Å²) >= 11 is -0.625. The molecule has 0 aliphatic heterocycles. The van der Waals surface area contributed by atoms with E-state index in [1.165, 1.54) is 0 Å². The fourth-order valence-corrected chi connectivity index (χ4v) is 0. The second kappa shape index (κ2) is 516. The van der Waals surface area contributed by atoms with Gasteiger partial charge >= 0.3 is 22.8 Å². The number of rotatable bonds is 0. The van der Waals surface area contributed by atoms with E-state index in [9.17, 15) is 0 Å². The van der Waals surface area contributed by atoms with Crippen molar-refractivity contribution in [2.24, 2.45) is 0 Å². The molecule has 0 aromatic carbocycles. The summed E-state index contributed by atoms with van der Waals surface area (Å²) < 4.78 is 15.4. The molecule has 0 saturated heterocycles. The van der Waals surface area contributed by atoms with Crippen molar-refractivity contribution in [3.8, 4) is 0 Å². The zero-order valence-corrected chi connectivity index (χ0v) is 5.41. The van der Waals surface area contributed by atoms with Crippen LogP contribution in [0.3, 0.4) is 0 Å². The normalized spacial score (nSPS) is 1.75. The van der Waals surface area contributed by atoms with Gasteiger partial charge < -0.3 is 21.9 Å². The number of hydrogen-bond donors (Lipinski definition) is 1. The van der Waals surface area contributed by atoms with Crippen LogP contribution in [0.15, 0.2) is 0 Å². The van der Waals surface area contributed by atoms with Crippen molar-refractivity contribution in [2.45, 2.75) is 29.7 Å². The molecule has 0 radical (unpaired) electrons. The first-order valence-corrected chi connectivity index (χ1v) is 1.12. The standard InChI is InChI=1S/4CH4.2Ni.5H2O.O/h4*1H4;;;5*1H2;/q;;;;;+1;;;;;;/p-2. The third-order valence-electron chi connectivity index (χ3n) is 0. The molecule has 0 rings (SSSR count). The maximum atomic E-state index is 8.42. The van der Waals surface area contributed by atoms with Crippen molar-refractivity contribution in [3.63, 3.8) is 0 Å². The van der Waals surface area contributed by atoms with Crippen LogP contribution in [0.2, 0.25) is 0 Å². The molecule has 12 heavy (non-hydrogen) atoms. The molecular formula is C4H24Ni2O6-. The van der Waals surface area contributed by atoms with E-state index in [2.05, 4.69) is 0 Å². The first-order valence-electron chi connectivity index (χ1n) is 0.271. The van der Waals surface area contributed by atoms with E-state index in [0.717, 1.165) is 0 Å². The molecule has 6 nitrogen and oxygen atoms in total. The van der Waals surface area contributed by atoms with Gasteiger partial charge in [0.25, 0.3) is 0 Å². The van der Waals surface area contributed by atoms with E-state index < -0.39 is 14.7 Å². The number of hydrogen-bond acceptors (Lipinski definition) is 2. The molecule has 0 unspecified atom stereocenters. The van der Waals surface area contributed by atoms with Gasteiger partial charge in [0.1, 0.15) is 0 Å². The monoisotopic (exact) mass is 284 g/mol. The molecule has 0 fully saturated rings. The Balaban J connectivity index is -0.000000000556. The maximum absolute atomic E-state index is 8.42. The van der Waals surface area contributed by atoms with Gasteiger partial charge in [-0.05, 0) is 0 Å². The Morgan fingerprint density at radius 2 is 0.833 bits per heavy atom. The molecule has 8 N–H and O–H groups in total. The summed E-state index contributed by atoms with van der Waals surface area (Å²) in [5, 5.41) is 0. The minimum absolute atomic E-state index is 0. The molecule has 97 valence electrons. The van der Waals surface area contributed by atoms with Gasteiger partial charge in [-0.15, -0.1) is 0 Å². The van der Waals surface area contributed by atoms with Crippen LogP contribution in [0, 0.1) is 0 Å². The van der Waals surface area contributed by atoms with Gasteiger partial charge in [0, 0.05) is 16.5 Å². The second-order valence-corrected chi connectivity index (χ2v) is 0.238. The molecule has 0 amide bonds. The molecule has 0 atom stereocenters. The zero-order chi connectivity index (χ0) is 2.71. The fourth-order valence-electron chi connectivity index (χ4n) is 0. The van der Waals surface area contributed by atoms with Crippen molar-refractivity contribution in [1.82, 2.24) is 0 Å². The molecule has 0 aliphatic carbocycles. The van der Waals surface area contributed by atoms with Gasteiger partial charge in [-0.25, -0.2) is 0 Å². The second-order valence-electron chi connectivity index (χ2n) is 0.0577. The van der Waals surface area contributed by atoms with Crippen LogP contribution in [-0.4, -0.2) is 26.2 Å². The minimum atomic E-state index is -0.625. The molecule has 0 saturated carbocycles. The Morgan fingerprint density at radius 3 is 0.833 bits per heavy atom. The van der Waals surface area contributed by atoms with Gasteiger partial charge in [-0.2, -0.15) is 0 Å². The molecule has 0 aromatic heterocycles. The van der Waals surface area contributed by atoms with E-state index >= 15 is 0 Å². The van der Waals surface area contributed by atoms with E-state index in [-0.39, 0.29) is 68.1 Å². The van der Waals surface area contributed by atoms with Crippen LogP contribution in [0.5, 0.6) is 0 Å². The summed E-state index contributed by atoms with van der Waals surface area (Å²) in [6.07, 6.45) is 0. The Bertz CT molecular complexity index is 25.0. The Hall–Kier alpha value is 0.587. The van der Waals surface area contributed by atoms with Gasteiger partial charge in [-0.1, -0.05) is 29.7 Å². The molecule has 0 heterocycles. The van der Waals surface area contributed by atoms with E-state index in [4.69, 9.17) is 8.15 Å². The molecule has 0 aromatic rings. The first kappa shape index (κ1) is 253. The van der Waals surface area contributed by atoms with Gasteiger partial charge in [0.2, 0.25) is 0 Å². The van der Waals surface area contributed by atoms with Crippen molar-refractivity contribution < 1.29 is 61.2 Å². The van der Waals surface area contributed by atoms with Crippen molar-refractivity contribution >= 4 is 0 Å². The Morgan fingerprint density at radius 1 is 0.833 bits per heavy atom. The topological polar surface area (TPSA) is 162 Å². The van der Waals surface area contributed by atoms with Crippen LogP contribution in [0.4, 0.5) is 0 Å². The van der Waals surface area contributed by atoms with Gasteiger partial charge in [0.05, 0.1) is 0 Å². The van der Waals surface area contributed by atoms with Crippen molar-refractivity contribution in [1.29, 1.82) is 0 Å². The van der Waals surface area contributed by atoms with Crippen LogP contribution in [0.1, 0.15) is 29.7 Å². The van der Waals surface area contributed by atoms with Crippen LogP contribution in [0.25, 0.3) is 0 Å². The summed E-state index contributed by atoms with van der Waals surface area (Å²) in [4.78, 5) is 0. The summed E-state index contributed by atoms with van der Waals surface area (Å²) in [5.41, 5.74) is 0. The predicted molar refractivity (Wildman–Crippen MR) is 42.6 cm³/mol. The molecule has 0 spiro atoms. The summed E-state index contributed by atoms with van der Waals surface area (Å²) in [7, 11) is 0. The molecule has 0 bridgehead atoms. The average Bonchev–Trinajstić information content (AvgIpc) is 0.918. The third-order valence-corrected chi connectivity index (χ3v) is 0. The first-order chi connectivity index (χ1) is 1.41. The van der Waals surface area contributed by atoms with Crippen molar-refractivity contribution in [2.75, 3.05) is 0 Å². The van der Waals surface area contributed by atoms with E-state index in [1.54, 1.807) is 0 Å². The summed E-state index contributed by atoms with van der Waals surface area (Å²) in [6, 6.07) is 0. The molecular weight excluding hydrogens is 261 g/mol. The van der Waals surface area contributed by atoms with E-state index in [0.29, 0.717) is 0 Å². The van der Waals surface area contributed by atoms with E-state index in [1.807, 2.05) is 0 Å². The Kier molecular flexibility index (Phi) is 10900.